The first-order valence-corrected chi connectivity index (χ1v) is 15.3. The number of amides is 5. The van der Waals surface area contributed by atoms with E-state index in [0.717, 1.165) is 31.2 Å². The van der Waals surface area contributed by atoms with Gasteiger partial charge in [-0.1, -0.05) is 59.1 Å². The Morgan fingerprint density at radius 1 is 0.837 bits per heavy atom. The molecule has 1 aromatic rings. The second-order valence-corrected chi connectivity index (χ2v) is 12.8. The molecule has 0 aliphatic heterocycles. The number of ether oxygens (including phenoxy) is 1. The van der Waals surface area contributed by atoms with Crippen LogP contribution in [0.4, 0.5) is 10.5 Å². The highest BCUT2D eigenvalue weighted by atomic mass is 16.5. The van der Waals surface area contributed by atoms with E-state index in [-0.39, 0.29) is 37.4 Å². The zero-order chi connectivity index (χ0) is 32.6. The summed E-state index contributed by atoms with van der Waals surface area (Å²) in [5.41, 5.74) is 5.79. The van der Waals surface area contributed by atoms with Crippen LogP contribution in [-0.2, 0) is 30.5 Å². The lowest BCUT2D eigenvalue weighted by Crippen LogP contribution is -2.54. The molecule has 0 spiro atoms. The van der Waals surface area contributed by atoms with Crippen LogP contribution >= 0.6 is 0 Å². The Morgan fingerprint density at radius 3 is 2.05 bits per heavy atom. The molecular weight excluding hydrogens is 550 g/mol. The first-order valence-electron chi connectivity index (χ1n) is 15.3. The number of carbonyl (C=O) groups is 5. The highest BCUT2D eigenvalue weighted by Gasteiger charge is 2.29. The average molecular weight is 604 g/mol. The Hall–Kier alpha value is -3.63. The summed E-state index contributed by atoms with van der Waals surface area (Å²) >= 11 is 0. The number of rotatable bonds is 18. The van der Waals surface area contributed by atoms with Crippen LogP contribution in [0.25, 0.3) is 0 Å². The molecule has 0 aromatic heterocycles. The third kappa shape index (κ3) is 16.0. The predicted molar refractivity (Wildman–Crippen MR) is 168 cm³/mol. The highest BCUT2D eigenvalue weighted by Crippen LogP contribution is 2.18. The summed E-state index contributed by atoms with van der Waals surface area (Å²) < 4.78 is 5.33. The second-order valence-electron chi connectivity index (χ2n) is 12.8. The molecule has 2 atom stereocenters. The molecule has 0 bridgehead atoms. The van der Waals surface area contributed by atoms with Crippen LogP contribution < -0.4 is 27.0 Å². The van der Waals surface area contributed by atoms with Gasteiger partial charge in [-0.25, -0.2) is 4.79 Å². The van der Waals surface area contributed by atoms with Gasteiger partial charge in [-0.3, -0.25) is 19.2 Å². The standard InChI is InChI=1S/C32H53N5O6/c1-21(2)12-9-8-10-14-26(38)37-27(22(3)4)29(40)36-25(13-11-19-34-31(33)42)28(39)35-24-17-15-23(16-18-24)20-43-30(41)32(5,6)7/h15-18,21-22,25,27H,8-14,19-20H2,1-7H3,(H,35,39)(H,36,40)(H,37,38)(H3,33,34,42)/t25-,27-/m0/s1. The number of unbranched alkanes of at least 4 members (excludes halogenated alkanes) is 2. The van der Waals surface area contributed by atoms with Gasteiger partial charge >= 0.3 is 12.0 Å². The van der Waals surface area contributed by atoms with E-state index < -0.39 is 35.3 Å². The smallest absolute Gasteiger partial charge is 0.312 e. The Kier molecular flexibility index (Phi) is 16.4. The van der Waals surface area contributed by atoms with Crippen LogP contribution in [0, 0.1) is 17.3 Å². The lowest BCUT2D eigenvalue weighted by Gasteiger charge is -2.25. The molecule has 0 saturated heterocycles. The van der Waals surface area contributed by atoms with Gasteiger partial charge in [-0.05, 0) is 69.6 Å². The fraction of sp³-hybridized carbons (Fsp3) is 0.656. The van der Waals surface area contributed by atoms with E-state index >= 15 is 0 Å². The molecule has 1 rings (SSSR count). The molecule has 11 nitrogen and oxygen atoms in total. The van der Waals surface area contributed by atoms with E-state index in [4.69, 9.17) is 10.5 Å². The SMILES string of the molecule is CC(C)CCCCCC(=O)N[C@H](C(=O)N[C@@H](CCCNC(N)=O)C(=O)Nc1ccc(COC(=O)C(C)(C)C)cc1)C(C)C. The second kappa shape index (κ2) is 18.8. The van der Waals surface area contributed by atoms with Crippen molar-refractivity contribution < 1.29 is 28.7 Å². The summed E-state index contributed by atoms with van der Waals surface area (Å²) in [5.74, 6) is -0.987. The minimum atomic E-state index is -0.927. The molecule has 1 aromatic carbocycles. The number of benzene rings is 1. The van der Waals surface area contributed by atoms with Gasteiger partial charge in [-0.15, -0.1) is 0 Å². The number of nitrogens with one attached hydrogen (secondary N) is 4. The molecule has 0 heterocycles. The molecule has 0 fully saturated rings. The molecular formula is C32H53N5O6. The van der Waals surface area contributed by atoms with E-state index in [1.54, 1.807) is 45.0 Å². The van der Waals surface area contributed by atoms with E-state index in [2.05, 4.69) is 35.1 Å². The maximum absolute atomic E-state index is 13.3. The van der Waals surface area contributed by atoms with E-state index in [1.165, 1.54) is 0 Å². The van der Waals surface area contributed by atoms with Gasteiger partial charge in [0.1, 0.15) is 18.7 Å². The normalized spacial score (nSPS) is 12.8. The van der Waals surface area contributed by atoms with Crippen molar-refractivity contribution in [3.05, 3.63) is 29.8 Å². The summed E-state index contributed by atoms with van der Waals surface area (Å²) in [6.45, 7) is 13.7. The van der Waals surface area contributed by atoms with Gasteiger partial charge in [-0.2, -0.15) is 0 Å². The number of primary amides is 1. The third-order valence-corrected chi connectivity index (χ3v) is 6.76. The maximum Gasteiger partial charge on any atom is 0.312 e. The molecule has 0 aliphatic rings. The Balaban J connectivity index is 2.85. The third-order valence-electron chi connectivity index (χ3n) is 6.76. The van der Waals surface area contributed by atoms with Gasteiger partial charge in [0.15, 0.2) is 0 Å². The molecule has 0 saturated carbocycles. The van der Waals surface area contributed by atoms with Gasteiger partial charge in [0.25, 0.3) is 0 Å². The Labute approximate surface area is 256 Å². The first kappa shape index (κ1) is 37.4. The van der Waals surface area contributed by atoms with Crippen LogP contribution in [0.15, 0.2) is 24.3 Å². The van der Waals surface area contributed by atoms with Gasteiger partial charge in [0.05, 0.1) is 5.41 Å². The van der Waals surface area contributed by atoms with E-state index in [0.29, 0.717) is 24.4 Å². The Morgan fingerprint density at radius 2 is 1.49 bits per heavy atom. The zero-order valence-electron chi connectivity index (χ0n) is 27.0. The molecule has 5 amide bonds. The van der Waals surface area contributed by atoms with Crippen molar-refractivity contribution in [3.8, 4) is 0 Å². The van der Waals surface area contributed by atoms with E-state index in [1.807, 2.05) is 13.8 Å². The van der Waals surface area contributed by atoms with Crippen LogP contribution in [0.3, 0.4) is 0 Å². The number of hydrogen-bond donors (Lipinski definition) is 5. The molecule has 6 N–H and O–H groups in total. The molecule has 11 heteroatoms. The first-order chi connectivity index (χ1) is 20.1. The quantitative estimate of drug-likeness (QED) is 0.123. The minimum absolute atomic E-state index is 0.107. The molecule has 0 aliphatic carbocycles. The zero-order valence-corrected chi connectivity index (χ0v) is 27.0. The number of urea groups is 1. The monoisotopic (exact) mass is 603 g/mol. The lowest BCUT2D eigenvalue weighted by molar-refractivity contribution is -0.154. The number of nitrogens with two attached hydrogens (primary N) is 1. The number of esters is 1. The van der Waals surface area contributed by atoms with Crippen molar-refractivity contribution in [3.63, 3.8) is 0 Å². The van der Waals surface area contributed by atoms with Gasteiger partial charge in [0, 0.05) is 18.7 Å². The summed E-state index contributed by atoms with van der Waals surface area (Å²) in [5, 5.41) is 10.9. The minimum Gasteiger partial charge on any atom is -0.460 e. The maximum atomic E-state index is 13.3. The number of carbonyl (C=O) groups excluding carboxylic acids is 5. The van der Waals surface area contributed by atoms with Crippen molar-refractivity contribution in [2.45, 2.75) is 112 Å². The Bertz CT molecular complexity index is 1050. The van der Waals surface area contributed by atoms with Crippen LogP contribution in [0.2, 0.25) is 0 Å². The molecule has 43 heavy (non-hydrogen) atoms. The summed E-state index contributed by atoms with van der Waals surface area (Å²) in [6.07, 6.45) is 4.84. The fourth-order valence-corrected chi connectivity index (χ4v) is 4.12. The van der Waals surface area contributed by atoms with Gasteiger partial charge < -0.3 is 31.7 Å². The van der Waals surface area contributed by atoms with Crippen LogP contribution in [-0.4, -0.2) is 48.4 Å². The predicted octanol–water partition coefficient (Wildman–Crippen LogP) is 4.40. The molecule has 0 unspecified atom stereocenters. The average Bonchev–Trinajstić information content (AvgIpc) is 2.91. The fourth-order valence-electron chi connectivity index (χ4n) is 4.12. The highest BCUT2D eigenvalue weighted by molar-refractivity contribution is 5.98. The summed E-state index contributed by atoms with van der Waals surface area (Å²) in [4.78, 5) is 62.2. The number of anilines is 1. The van der Waals surface area contributed by atoms with E-state index in [9.17, 15) is 24.0 Å². The van der Waals surface area contributed by atoms with Crippen molar-refractivity contribution in [1.82, 2.24) is 16.0 Å². The molecule has 0 radical (unpaired) electrons. The van der Waals surface area contributed by atoms with Crippen molar-refractivity contribution in [2.24, 2.45) is 23.0 Å². The largest absolute Gasteiger partial charge is 0.460 e. The molecule has 242 valence electrons. The van der Waals surface area contributed by atoms with Crippen molar-refractivity contribution >= 4 is 35.4 Å². The van der Waals surface area contributed by atoms with Crippen LogP contribution in [0.1, 0.15) is 99.0 Å². The van der Waals surface area contributed by atoms with Crippen LogP contribution in [0.5, 0.6) is 0 Å². The summed E-state index contributed by atoms with van der Waals surface area (Å²) in [7, 11) is 0. The summed E-state index contributed by atoms with van der Waals surface area (Å²) in [6, 6.07) is 4.44. The van der Waals surface area contributed by atoms with Gasteiger partial charge in [0.2, 0.25) is 17.7 Å². The van der Waals surface area contributed by atoms with Crippen molar-refractivity contribution in [1.29, 1.82) is 0 Å². The lowest BCUT2D eigenvalue weighted by atomic mass is 9.97. The van der Waals surface area contributed by atoms with Crippen molar-refractivity contribution in [2.75, 3.05) is 11.9 Å². The topological polar surface area (TPSA) is 169 Å². The number of hydrogen-bond acceptors (Lipinski definition) is 6.